The molecule has 5 heteroatoms. The summed E-state index contributed by atoms with van der Waals surface area (Å²) in [5.74, 6) is 0.262. The summed E-state index contributed by atoms with van der Waals surface area (Å²) in [7, 11) is 1.51. The van der Waals surface area contributed by atoms with Gasteiger partial charge in [0.2, 0.25) is 5.91 Å². The topological polar surface area (TPSA) is 58.6 Å². The predicted molar refractivity (Wildman–Crippen MR) is 68.1 cm³/mol. The zero-order valence-corrected chi connectivity index (χ0v) is 10.6. The molecule has 0 fully saturated rings. The van der Waals surface area contributed by atoms with Gasteiger partial charge in [0.15, 0.2) is 0 Å². The third kappa shape index (κ3) is 6.31. The Labute approximate surface area is 105 Å². The lowest BCUT2D eigenvalue weighted by Gasteiger charge is -2.10. The van der Waals surface area contributed by atoms with Crippen molar-refractivity contribution in [2.45, 2.75) is 11.0 Å². The van der Waals surface area contributed by atoms with Crippen LogP contribution in [0.1, 0.15) is 0 Å². The molecule has 0 aliphatic heterocycles. The summed E-state index contributed by atoms with van der Waals surface area (Å²) in [6.07, 6.45) is -0.648. The summed E-state index contributed by atoms with van der Waals surface area (Å²) >= 11 is 1.47. The van der Waals surface area contributed by atoms with Gasteiger partial charge < -0.3 is 15.2 Å². The number of benzene rings is 1. The molecule has 0 aromatic heterocycles. The quantitative estimate of drug-likeness (QED) is 0.711. The Kier molecular flexibility index (Phi) is 6.69. The molecule has 0 spiro atoms. The van der Waals surface area contributed by atoms with Crippen LogP contribution in [0.15, 0.2) is 35.2 Å². The van der Waals surface area contributed by atoms with E-state index in [1.54, 1.807) is 0 Å². The number of nitrogens with one attached hydrogen (secondary N) is 1. The van der Waals surface area contributed by atoms with Crippen LogP contribution in [0, 0.1) is 0 Å². The minimum absolute atomic E-state index is 0.0889. The van der Waals surface area contributed by atoms with Crippen LogP contribution in [-0.2, 0) is 9.53 Å². The Morgan fingerprint density at radius 2 is 2.18 bits per heavy atom. The third-order valence-corrected chi connectivity index (χ3v) is 3.02. The first-order chi connectivity index (χ1) is 8.22. The molecule has 0 heterocycles. The second-order valence-electron chi connectivity index (χ2n) is 3.51. The lowest BCUT2D eigenvalue weighted by atomic mass is 10.4. The fourth-order valence-electron chi connectivity index (χ4n) is 1.20. The second kappa shape index (κ2) is 8.11. The summed E-state index contributed by atoms with van der Waals surface area (Å²) in [6.45, 7) is 0.453. The molecule has 1 unspecified atom stereocenters. The van der Waals surface area contributed by atoms with Crippen molar-refractivity contribution in [3.63, 3.8) is 0 Å². The number of aliphatic hydroxyl groups excluding tert-OH is 1. The Hall–Kier alpha value is -1.04. The number of methoxy groups -OCH3 is 1. The van der Waals surface area contributed by atoms with Crippen LogP contribution < -0.4 is 5.32 Å². The van der Waals surface area contributed by atoms with Gasteiger partial charge >= 0.3 is 0 Å². The maximum absolute atomic E-state index is 11.4. The maximum atomic E-state index is 11.4. The molecule has 2 N–H and O–H groups in total. The van der Waals surface area contributed by atoms with Crippen molar-refractivity contribution in [3.05, 3.63) is 30.3 Å². The Morgan fingerprint density at radius 1 is 1.47 bits per heavy atom. The van der Waals surface area contributed by atoms with Crippen LogP contribution in [0.2, 0.25) is 0 Å². The van der Waals surface area contributed by atoms with E-state index >= 15 is 0 Å². The van der Waals surface area contributed by atoms with Crippen LogP contribution >= 0.6 is 11.8 Å². The number of hydrogen-bond acceptors (Lipinski definition) is 4. The highest BCUT2D eigenvalue weighted by molar-refractivity contribution is 8.00. The predicted octanol–water partition coefficient (Wildman–Crippen LogP) is 0.902. The first kappa shape index (κ1) is 14.0. The molecule has 1 atom stereocenters. The van der Waals surface area contributed by atoms with E-state index < -0.39 is 6.10 Å². The Balaban J connectivity index is 2.17. The normalized spacial score (nSPS) is 12.1. The first-order valence-corrected chi connectivity index (χ1v) is 6.32. The van der Waals surface area contributed by atoms with Gasteiger partial charge in [-0.25, -0.2) is 0 Å². The van der Waals surface area contributed by atoms with E-state index in [1.807, 2.05) is 30.3 Å². The number of amides is 1. The van der Waals surface area contributed by atoms with Gasteiger partial charge in [0.1, 0.15) is 0 Å². The van der Waals surface area contributed by atoms with E-state index in [0.717, 1.165) is 4.90 Å². The third-order valence-electron chi connectivity index (χ3n) is 2.01. The first-order valence-electron chi connectivity index (χ1n) is 5.34. The number of carbonyl (C=O) groups excluding carboxylic acids is 1. The Bertz CT molecular complexity index is 332. The van der Waals surface area contributed by atoms with Crippen LogP contribution in [0.5, 0.6) is 0 Å². The van der Waals surface area contributed by atoms with E-state index in [9.17, 15) is 9.90 Å². The summed E-state index contributed by atoms with van der Waals surface area (Å²) in [6, 6.07) is 9.71. The molecule has 0 aliphatic carbocycles. The van der Waals surface area contributed by atoms with Crippen LogP contribution in [0.3, 0.4) is 0 Å². The molecule has 94 valence electrons. The van der Waals surface area contributed by atoms with E-state index in [4.69, 9.17) is 4.74 Å². The molecule has 1 aromatic rings. The number of hydrogen-bond donors (Lipinski definition) is 2. The van der Waals surface area contributed by atoms with Gasteiger partial charge in [-0.1, -0.05) is 18.2 Å². The molecular weight excluding hydrogens is 238 g/mol. The largest absolute Gasteiger partial charge is 0.389 e. The van der Waals surface area contributed by atoms with Crippen LogP contribution in [0.4, 0.5) is 0 Å². The van der Waals surface area contributed by atoms with Gasteiger partial charge in [-0.3, -0.25) is 4.79 Å². The molecule has 1 aromatic carbocycles. The highest BCUT2D eigenvalue weighted by atomic mass is 32.2. The molecular formula is C12H17NO3S. The van der Waals surface area contributed by atoms with Crippen molar-refractivity contribution in [3.8, 4) is 0 Å². The molecule has 4 nitrogen and oxygen atoms in total. The number of aliphatic hydroxyl groups is 1. The fourth-order valence-corrected chi connectivity index (χ4v) is 1.95. The number of carbonyl (C=O) groups is 1. The molecule has 0 saturated heterocycles. The van der Waals surface area contributed by atoms with Gasteiger partial charge in [-0.05, 0) is 12.1 Å². The molecule has 1 amide bonds. The van der Waals surface area contributed by atoms with Crippen molar-refractivity contribution in [1.29, 1.82) is 0 Å². The van der Waals surface area contributed by atoms with Gasteiger partial charge in [-0.15, -0.1) is 11.8 Å². The van der Waals surface area contributed by atoms with E-state index in [-0.39, 0.29) is 19.1 Å². The maximum Gasteiger partial charge on any atom is 0.230 e. The summed E-state index contributed by atoms with van der Waals surface area (Å²) in [5.41, 5.74) is 0. The highest BCUT2D eigenvalue weighted by Gasteiger charge is 2.06. The van der Waals surface area contributed by atoms with Crippen LogP contribution in [-0.4, -0.2) is 43.1 Å². The zero-order valence-electron chi connectivity index (χ0n) is 9.76. The lowest BCUT2D eigenvalue weighted by molar-refractivity contribution is -0.119. The SMILES string of the molecule is COCC(O)CNC(=O)CSc1ccccc1. The molecule has 0 saturated carbocycles. The summed E-state index contributed by atoms with van der Waals surface area (Å²) in [5, 5.41) is 12.0. The lowest BCUT2D eigenvalue weighted by Crippen LogP contribution is -2.35. The van der Waals surface area contributed by atoms with E-state index in [1.165, 1.54) is 18.9 Å². The Morgan fingerprint density at radius 3 is 2.82 bits per heavy atom. The molecule has 17 heavy (non-hydrogen) atoms. The van der Waals surface area contributed by atoms with Crippen molar-refractivity contribution in [2.24, 2.45) is 0 Å². The second-order valence-corrected chi connectivity index (χ2v) is 4.56. The number of ether oxygens (including phenoxy) is 1. The van der Waals surface area contributed by atoms with Crippen LogP contribution in [0.25, 0.3) is 0 Å². The summed E-state index contributed by atoms with van der Waals surface area (Å²) in [4.78, 5) is 12.5. The summed E-state index contributed by atoms with van der Waals surface area (Å²) < 4.78 is 4.76. The smallest absolute Gasteiger partial charge is 0.230 e. The molecule has 0 bridgehead atoms. The zero-order chi connectivity index (χ0) is 12.5. The monoisotopic (exact) mass is 255 g/mol. The highest BCUT2D eigenvalue weighted by Crippen LogP contribution is 2.15. The van der Waals surface area contributed by atoms with Crippen molar-refractivity contribution in [1.82, 2.24) is 5.32 Å². The van der Waals surface area contributed by atoms with Crippen molar-refractivity contribution in [2.75, 3.05) is 26.0 Å². The van der Waals surface area contributed by atoms with E-state index in [0.29, 0.717) is 5.75 Å². The van der Waals surface area contributed by atoms with Crippen molar-refractivity contribution >= 4 is 17.7 Å². The van der Waals surface area contributed by atoms with Gasteiger partial charge in [0, 0.05) is 18.6 Å². The molecule has 0 radical (unpaired) electrons. The van der Waals surface area contributed by atoms with Gasteiger partial charge in [-0.2, -0.15) is 0 Å². The van der Waals surface area contributed by atoms with Gasteiger partial charge in [0.25, 0.3) is 0 Å². The van der Waals surface area contributed by atoms with Gasteiger partial charge in [0.05, 0.1) is 18.5 Å². The standard InChI is InChI=1S/C12H17NO3S/c1-16-8-10(14)7-13-12(15)9-17-11-5-3-2-4-6-11/h2-6,10,14H,7-9H2,1H3,(H,13,15). The average molecular weight is 255 g/mol. The fraction of sp³-hybridized carbons (Fsp3) is 0.417. The minimum Gasteiger partial charge on any atom is -0.389 e. The average Bonchev–Trinajstić information content (AvgIpc) is 2.35. The number of thioether (sulfide) groups is 1. The molecule has 1 rings (SSSR count). The number of rotatable bonds is 7. The van der Waals surface area contributed by atoms with E-state index in [2.05, 4.69) is 5.32 Å². The van der Waals surface area contributed by atoms with Crippen molar-refractivity contribution < 1.29 is 14.6 Å². The minimum atomic E-state index is -0.648. The molecule has 0 aliphatic rings.